The fourth-order valence-corrected chi connectivity index (χ4v) is 2.14. The zero-order valence-electron chi connectivity index (χ0n) is 13.9. The van der Waals surface area contributed by atoms with E-state index in [4.69, 9.17) is 21.7 Å². The number of thiocarbonyl (C=S) groups is 1. The summed E-state index contributed by atoms with van der Waals surface area (Å²) in [4.78, 5) is 13.8. The van der Waals surface area contributed by atoms with Crippen molar-refractivity contribution in [3.8, 4) is 5.75 Å². The number of carbonyl (C=O) groups excluding carboxylic acids is 1. The molecule has 1 amide bonds. The number of hydrogen-bond acceptors (Lipinski definition) is 5. The van der Waals surface area contributed by atoms with Crippen molar-refractivity contribution in [1.29, 1.82) is 0 Å². The molecule has 0 aliphatic carbocycles. The summed E-state index contributed by atoms with van der Waals surface area (Å²) in [7, 11) is 1.73. The van der Waals surface area contributed by atoms with Crippen LogP contribution in [-0.2, 0) is 9.53 Å². The molecule has 1 aromatic carbocycles. The molecule has 0 bridgehead atoms. The highest BCUT2D eigenvalue weighted by Gasteiger charge is 2.17. The molecule has 8 heteroatoms. The van der Waals surface area contributed by atoms with Crippen LogP contribution in [0.1, 0.15) is 12.5 Å². The number of benzene rings is 1. The van der Waals surface area contributed by atoms with Gasteiger partial charge in [0.15, 0.2) is 11.7 Å². The molecule has 1 fully saturated rings. The Kier molecular flexibility index (Phi) is 6.95. The van der Waals surface area contributed by atoms with Crippen molar-refractivity contribution >= 4 is 28.9 Å². The van der Waals surface area contributed by atoms with Gasteiger partial charge in [-0.3, -0.25) is 10.2 Å². The highest BCUT2D eigenvalue weighted by atomic mass is 32.1. The molecule has 1 aliphatic heterocycles. The number of hydrazone groups is 1. The molecule has 1 aliphatic rings. The molecule has 7 nitrogen and oxygen atoms in total. The van der Waals surface area contributed by atoms with E-state index >= 15 is 0 Å². The second-order valence-electron chi connectivity index (χ2n) is 5.19. The number of amides is 1. The smallest absolute Gasteiger partial charge is 0.260 e. The Bertz CT molecular complexity index is 598. The van der Waals surface area contributed by atoms with E-state index in [0.29, 0.717) is 37.2 Å². The Hall–Kier alpha value is -2.19. The average Bonchev–Trinajstić information content (AvgIpc) is 2.64. The van der Waals surface area contributed by atoms with Gasteiger partial charge in [-0.2, -0.15) is 5.10 Å². The maximum atomic E-state index is 12.0. The van der Waals surface area contributed by atoms with Crippen LogP contribution in [0, 0.1) is 0 Å². The molecule has 0 atom stereocenters. The lowest BCUT2D eigenvalue weighted by Gasteiger charge is -2.26. The SMILES string of the molecule is CNC(=S)N/N=C(/C)c1ccc(OCC(=O)N2CCOCC2)cc1. The van der Waals surface area contributed by atoms with Gasteiger partial charge < -0.3 is 19.7 Å². The third-order valence-corrected chi connectivity index (χ3v) is 3.85. The van der Waals surface area contributed by atoms with Gasteiger partial charge in [-0.25, -0.2) is 0 Å². The summed E-state index contributed by atoms with van der Waals surface area (Å²) in [6, 6.07) is 7.41. The number of carbonyl (C=O) groups is 1. The lowest BCUT2D eigenvalue weighted by molar-refractivity contribution is -0.137. The molecule has 0 aromatic heterocycles. The van der Waals surface area contributed by atoms with Crippen molar-refractivity contribution in [2.24, 2.45) is 5.10 Å². The first kappa shape index (κ1) is 18.2. The molecule has 130 valence electrons. The molecule has 1 saturated heterocycles. The largest absolute Gasteiger partial charge is 0.484 e. The normalized spacial score (nSPS) is 14.9. The van der Waals surface area contributed by atoms with Gasteiger partial charge in [-0.15, -0.1) is 0 Å². The van der Waals surface area contributed by atoms with E-state index in [1.165, 1.54) is 0 Å². The number of nitrogens with one attached hydrogen (secondary N) is 2. The number of ether oxygens (including phenoxy) is 2. The lowest BCUT2D eigenvalue weighted by Crippen LogP contribution is -2.42. The van der Waals surface area contributed by atoms with Crippen LogP contribution in [0.25, 0.3) is 0 Å². The van der Waals surface area contributed by atoms with E-state index in [0.717, 1.165) is 11.3 Å². The van der Waals surface area contributed by atoms with Crippen molar-refractivity contribution in [2.75, 3.05) is 40.0 Å². The predicted molar refractivity (Wildman–Crippen MR) is 96.3 cm³/mol. The first-order valence-electron chi connectivity index (χ1n) is 7.71. The Morgan fingerprint density at radius 1 is 1.33 bits per heavy atom. The molecule has 0 spiro atoms. The zero-order valence-corrected chi connectivity index (χ0v) is 14.7. The fourth-order valence-electron chi connectivity index (χ4n) is 2.10. The van der Waals surface area contributed by atoms with Gasteiger partial charge >= 0.3 is 0 Å². The second-order valence-corrected chi connectivity index (χ2v) is 5.60. The number of hydrogen-bond donors (Lipinski definition) is 2. The molecule has 1 heterocycles. The summed E-state index contributed by atoms with van der Waals surface area (Å²) in [6.07, 6.45) is 0. The summed E-state index contributed by atoms with van der Waals surface area (Å²) < 4.78 is 10.8. The molecule has 2 rings (SSSR count). The predicted octanol–water partition coefficient (Wildman–Crippen LogP) is 0.742. The van der Waals surface area contributed by atoms with Gasteiger partial charge in [0.2, 0.25) is 0 Å². The van der Waals surface area contributed by atoms with Crippen LogP contribution in [0.2, 0.25) is 0 Å². The molecule has 24 heavy (non-hydrogen) atoms. The minimum Gasteiger partial charge on any atom is -0.484 e. The van der Waals surface area contributed by atoms with E-state index in [1.54, 1.807) is 11.9 Å². The van der Waals surface area contributed by atoms with Gasteiger partial charge in [0.1, 0.15) is 5.75 Å². The Labute approximate surface area is 147 Å². The second kappa shape index (κ2) is 9.19. The van der Waals surface area contributed by atoms with E-state index in [-0.39, 0.29) is 12.5 Å². The van der Waals surface area contributed by atoms with Crippen LogP contribution in [-0.4, -0.2) is 61.6 Å². The number of nitrogens with zero attached hydrogens (tertiary/aromatic N) is 2. The van der Waals surface area contributed by atoms with E-state index in [2.05, 4.69) is 15.8 Å². The number of rotatable bonds is 5. The minimum atomic E-state index is -0.0232. The van der Waals surface area contributed by atoms with Crippen molar-refractivity contribution in [3.05, 3.63) is 29.8 Å². The van der Waals surface area contributed by atoms with Crippen LogP contribution in [0.5, 0.6) is 5.75 Å². The van der Waals surface area contributed by atoms with Gasteiger partial charge in [0.05, 0.1) is 18.9 Å². The maximum absolute atomic E-state index is 12.0. The Morgan fingerprint density at radius 2 is 2.00 bits per heavy atom. The van der Waals surface area contributed by atoms with Gasteiger partial charge in [-0.1, -0.05) is 0 Å². The van der Waals surface area contributed by atoms with Crippen LogP contribution in [0.4, 0.5) is 0 Å². The summed E-state index contributed by atoms with van der Waals surface area (Å²) >= 11 is 4.96. The van der Waals surface area contributed by atoms with Crippen molar-refractivity contribution in [3.63, 3.8) is 0 Å². The third kappa shape index (κ3) is 5.47. The molecule has 1 aromatic rings. The highest BCUT2D eigenvalue weighted by molar-refractivity contribution is 7.80. The Morgan fingerprint density at radius 3 is 2.62 bits per heavy atom. The topological polar surface area (TPSA) is 75.2 Å². The lowest BCUT2D eigenvalue weighted by atomic mass is 10.1. The summed E-state index contributed by atoms with van der Waals surface area (Å²) in [6.45, 7) is 4.33. The highest BCUT2D eigenvalue weighted by Crippen LogP contribution is 2.13. The molecule has 0 saturated carbocycles. The standard InChI is InChI=1S/C16H22N4O3S/c1-12(18-19-16(24)17-2)13-3-5-14(6-4-13)23-11-15(21)20-7-9-22-10-8-20/h3-6H,7-11H2,1-2H3,(H2,17,19,24)/b18-12-. The molecular formula is C16H22N4O3S. The van der Waals surface area contributed by atoms with Crippen molar-refractivity contribution < 1.29 is 14.3 Å². The third-order valence-electron chi connectivity index (χ3n) is 3.55. The Balaban J connectivity index is 1.85. The monoisotopic (exact) mass is 350 g/mol. The van der Waals surface area contributed by atoms with Crippen LogP contribution in [0.15, 0.2) is 29.4 Å². The molecule has 0 radical (unpaired) electrons. The quantitative estimate of drug-likeness (QED) is 0.464. The summed E-state index contributed by atoms with van der Waals surface area (Å²) in [5.41, 5.74) is 4.47. The van der Waals surface area contributed by atoms with Gasteiger partial charge in [0.25, 0.3) is 5.91 Å². The molecule has 0 unspecified atom stereocenters. The first-order chi connectivity index (χ1) is 11.6. The van der Waals surface area contributed by atoms with Crippen LogP contribution >= 0.6 is 12.2 Å². The van der Waals surface area contributed by atoms with E-state index in [9.17, 15) is 4.79 Å². The maximum Gasteiger partial charge on any atom is 0.260 e. The zero-order chi connectivity index (χ0) is 17.4. The molecule has 2 N–H and O–H groups in total. The van der Waals surface area contributed by atoms with Crippen molar-refractivity contribution in [1.82, 2.24) is 15.6 Å². The average molecular weight is 350 g/mol. The van der Waals surface area contributed by atoms with Crippen LogP contribution in [0.3, 0.4) is 0 Å². The van der Waals surface area contributed by atoms with E-state index in [1.807, 2.05) is 31.2 Å². The minimum absolute atomic E-state index is 0.0232. The van der Waals surface area contributed by atoms with Crippen LogP contribution < -0.4 is 15.5 Å². The molecular weight excluding hydrogens is 328 g/mol. The fraction of sp³-hybridized carbons (Fsp3) is 0.438. The first-order valence-corrected chi connectivity index (χ1v) is 8.11. The van der Waals surface area contributed by atoms with Crippen molar-refractivity contribution in [2.45, 2.75) is 6.92 Å². The number of morpholine rings is 1. The van der Waals surface area contributed by atoms with Gasteiger partial charge in [-0.05, 0) is 49.0 Å². The van der Waals surface area contributed by atoms with Gasteiger partial charge in [0, 0.05) is 20.1 Å². The summed E-state index contributed by atoms with van der Waals surface area (Å²) in [5, 5.41) is 7.42. The van der Waals surface area contributed by atoms with E-state index < -0.39 is 0 Å². The summed E-state index contributed by atoms with van der Waals surface area (Å²) in [5.74, 6) is 0.622.